The van der Waals surface area contributed by atoms with Gasteiger partial charge >= 0.3 is 5.97 Å². The fourth-order valence-electron chi connectivity index (χ4n) is 2.63. The van der Waals surface area contributed by atoms with Gasteiger partial charge in [-0.15, -0.1) is 0 Å². The van der Waals surface area contributed by atoms with Crippen molar-refractivity contribution in [2.24, 2.45) is 0 Å². The maximum atomic E-state index is 11.7. The monoisotopic (exact) mass is 370 g/mol. The van der Waals surface area contributed by atoms with Gasteiger partial charge in [0, 0.05) is 9.86 Å². The van der Waals surface area contributed by atoms with Crippen LogP contribution in [0, 0.1) is 6.92 Å². The van der Waals surface area contributed by atoms with Gasteiger partial charge in [-0.2, -0.15) is 0 Å². The third kappa shape index (κ3) is 3.08. The van der Waals surface area contributed by atoms with E-state index in [2.05, 4.69) is 15.9 Å². The van der Waals surface area contributed by atoms with E-state index in [0.29, 0.717) is 17.9 Å². The number of fused-ring (bicyclic) bond motifs is 1. The molecule has 0 radical (unpaired) electrons. The zero-order valence-corrected chi connectivity index (χ0v) is 14.1. The normalized spacial score (nSPS) is 10.7. The maximum Gasteiger partial charge on any atom is 0.339 e. The van der Waals surface area contributed by atoms with Gasteiger partial charge in [-0.1, -0.05) is 58.4 Å². The van der Waals surface area contributed by atoms with Crippen molar-refractivity contribution < 1.29 is 14.6 Å². The first kappa shape index (κ1) is 15.6. The number of carboxylic acids is 1. The van der Waals surface area contributed by atoms with Gasteiger partial charge in [-0.25, -0.2) is 4.79 Å². The van der Waals surface area contributed by atoms with Gasteiger partial charge < -0.3 is 9.84 Å². The Bertz CT molecular complexity index is 873. The Morgan fingerprint density at radius 1 is 1.09 bits per heavy atom. The van der Waals surface area contributed by atoms with Crippen LogP contribution >= 0.6 is 15.9 Å². The summed E-state index contributed by atoms with van der Waals surface area (Å²) in [5, 5.41) is 11.3. The lowest BCUT2D eigenvalue weighted by Crippen LogP contribution is -2.06. The summed E-state index contributed by atoms with van der Waals surface area (Å²) in [5.74, 6) is -0.565. The van der Waals surface area contributed by atoms with Crippen LogP contribution in [0.1, 0.15) is 21.5 Å². The Kier molecular flexibility index (Phi) is 4.35. The lowest BCUT2D eigenvalue weighted by Gasteiger charge is -2.15. The predicted octanol–water partition coefficient (Wildman–Crippen LogP) is 5.19. The van der Waals surface area contributed by atoms with E-state index in [0.717, 1.165) is 20.8 Å². The SMILES string of the molecule is Cc1cc2c(Br)cccc2c(OCc2ccccc2)c1C(=O)O. The van der Waals surface area contributed by atoms with Crippen LogP contribution in [0.25, 0.3) is 10.8 Å². The van der Waals surface area contributed by atoms with Gasteiger partial charge in [0.1, 0.15) is 17.9 Å². The van der Waals surface area contributed by atoms with E-state index in [4.69, 9.17) is 4.74 Å². The molecule has 0 heterocycles. The molecule has 0 bridgehead atoms. The van der Waals surface area contributed by atoms with Crippen molar-refractivity contribution in [3.63, 3.8) is 0 Å². The van der Waals surface area contributed by atoms with E-state index in [1.54, 1.807) is 6.92 Å². The van der Waals surface area contributed by atoms with Crippen molar-refractivity contribution >= 4 is 32.7 Å². The number of hydrogen-bond acceptors (Lipinski definition) is 2. The number of benzene rings is 3. The second-order valence-corrected chi connectivity index (χ2v) is 6.17. The third-order valence-corrected chi connectivity index (χ3v) is 4.41. The van der Waals surface area contributed by atoms with Gasteiger partial charge in [0.2, 0.25) is 0 Å². The third-order valence-electron chi connectivity index (χ3n) is 3.72. The van der Waals surface area contributed by atoms with E-state index in [9.17, 15) is 9.90 Å². The molecule has 23 heavy (non-hydrogen) atoms. The first-order chi connectivity index (χ1) is 11.1. The van der Waals surface area contributed by atoms with Gasteiger partial charge in [0.15, 0.2) is 0 Å². The number of aromatic carboxylic acids is 1. The zero-order valence-electron chi connectivity index (χ0n) is 12.5. The molecular weight excluding hydrogens is 356 g/mol. The van der Waals surface area contributed by atoms with Crippen LogP contribution in [0.4, 0.5) is 0 Å². The van der Waals surface area contributed by atoms with Crippen molar-refractivity contribution in [1.82, 2.24) is 0 Å². The molecule has 1 N–H and O–H groups in total. The van der Waals surface area contributed by atoms with Crippen LogP contribution in [0.3, 0.4) is 0 Å². The van der Waals surface area contributed by atoms with E-state index >= 15 is 0 Å². The molecule has 0 saturated carbocycles. The number of aryl methyl sites for hydroxylation is 1. The number of ether oxygens (including phenoxy) is 1. The zero-order chi connectivity index (χ0) is 16.4. The molecule has 4 heteroatoms. The van der Waals surface area contributed by atoms with E-state index < -0.39 is 5.97 Å². The highest BCUT2D eigenvalue weighted by Crippen LogP contribution is 2.36. The van der Waals surface area contributed by atoms with Crippen LogP contribution in [0.2, 0.25) is 0 Å². The average molecular weight is 371 g/mol. The first-order valence-electron chi connectivity index (χ1n) is 7.20. The minimum Gasteiger partial charge on any atom is -0.487 e. The van der Waals surface area contributed by atoms with E-state index in [1.807, 2.05) is 54.6 Å². The quantitative estimate of drug-likeness (QED) is 0.687. The van der Waals surface area contributed by atoms with Crippen LogP contribution in [0.15, 0.2) is 59.1 Å². The lowest BCUT2D eigenvalue weighted by molar-refractivity contribution is 0.0691. The highest BCUT2D eigenvalue weighted by atomic mass is 79.9. The molecular formula is C19H15BrO3. The summed E-state index contributed by atoms with van der Waals surface area (Å²) in [6, 6.07) is 17.3. The molecule has 0 aromatic heterocycles. The van der Waals surface area contributed by atoms with Gasteiger partial charge in [0.25, 0.3) is 0 Å². The summed E-state index contributed by atoms with van der Waals surface area (Å²) in [5.41, 5.74) is 1.89. The van der Waals surface area contributed by atoms with Gasteiger partial charge in [0.05, 0.1) is 0 Å². The van der Waals surface area contributed by atoms with Crippen molar-refractivity contribution in [1.29, 1.82) is 0 Å². The molecule has 0 spiro atoms. The number of carboxylic acid groups (broad SMARTS) is 1. The fourth-order valence-corrected chi connectivity index (χ4v) is 3.11. The predicted molar refractivity (Wildman–Crippen MR) is 94.1 cm³/mol. The Labute approximate surface area is 142 Å². The second-order valence-electron chi connectivity index (χ2n) is 5.31. The van der Waals surface area contributed by atoms with Crippen LogP contribution in [0.5, 0.6) is 5.75 Å². The van der Waals surface area contributed by atoms with Crippen molar-refractivity contribution in [2.45, 2.75) is 13.5 Å². The smallest absolute Gasteiger partial charge is 0.339 e. The van der Waals surface area contributed by atoms with Gasteiger partial charge in [-0.3, -0.25) is 0 Å². The van der Waals surface area contributed by atoms with Crippen LogP contribution in [-0.4, -0.2) is 11.1 Å². The Morgan fingerprint density at radius 2 is 1.83 bits per heavy atom. The number of halogens is 1. The molecule has 0 aliphatic rings. The molecule has 0 amide bonds. The molecule has 3 rings (SSSR count). The highest BCUT2D eigenvalue weighted by Gasteiger charge is 2.19. The Morgan fingerprint density at radius 3 is 2.52 bits per heavy atom. The van der Waals surface area contributed by atoms with Gasteiger partial charge in [-0.05, 0) is 35.6 Å². The number of hydrogen-bond donors (Lipinski definition) is 1. The molecule has 0 aliphatic carbocycles. The molecule has 3 aromatic rings. The summed E-state index contributed by atoms with van der Waals surface area (Å²) in [6.07, 6.45) is 0. The summed E-state index contributed by atoms with van der Waals surface area (Å²) >= 11 is 3.52. The number of carbonyl (C=O) groups is 1. The standard InChI is InChI=1S/C19H15BrO3/c1-12-10-15-14(8-5-9-16(15)20)18(17(12)19(21)22)23-11-13-6-3-2-4-7-13/h2-10H,11H2,1H3,(H,21,22). The molecule has 0 atom stereocenters. The summed E-state index contributed by atoms with van der Waals surface area (Å²) in [7, 11) is 0. The summed E-state index contributed by atoms with van der Waals surface area (Å²) in [4.78, 5) is 11.7. The Hall–Kier alpha value is -2.33. The summed E-state index contributed by atoms with van der Waals surface area (Å²) in [6.45, 7) is 2.11. The largest absolute Gasteiger partial charge is 0.487 e. The molecule has 0 unspecified atom stereocenters. The Balaban J connectivity index is 2.14. The minimum atomic E-state index is -0.979. The van der Waals surface area contributed by atoms with Crippen LogP contribution in [-0.2, 0) is 6.61 Å². The van der Waals surface area contributed by atoms with E-state index in [1.165, 1.54) is 0 Å². The molecule has 0 aliphatic heterocycles. The molecule has 116 valence electrons. The maximum absolute atomic E-state index is 11.7. The molecule has 0 saturated heterocycles. The van der Waals surface area contributed by atoms with Crippen molar-refractivity contribution in [3.05, 3.63) is 75.8 Å². The fraction of sp³-hybridized carbons (Fsp3) is 0.105. The molecule has 3 nitrogen and oxygen atoms in total. The first-order valence-corrected chi connectivity index (χ1v) is 7.99. The van der Waals surface area contributed by atoms with Crippen LogP contribution < -0.4 is 4.74 Å². The highest BCUT2D eigenvalue weighted by molar-refractivity contribution is 9.10. The van der Waals surface area contributed by atoms with E-state index in [-0.39, 0.29) is 5.56 Å². The van der Waals surface area contributed by atoms with Crippen molar-refractivity contribution in [3.8, 4) is 5.75 Å². The van der Waals surface area contributed by atoms with Crippen molar-refractivity contribution in [2.75, 3.05) is 0 Å². The summed E-state index contributed by atoms with van der Waals surface area (Å²) < 4.78 is 6.85. The average Bonchev–Trinajstić information content (AvgIpc) is 2.54. The topological polar surface area (TPSA) is 46.5 Å². The molecule has 3 aromatic carbocycles. The molecule has 0 fully saturated rings. The number of rotatable bonds is 4. The lowest BCUT2D eigenvalue weighted by atomic mass is 10.00. The second kappa shape index (κ2) is 6.42. The minimum absolute atomic E-state index is 0.214.